The number of aromatic nitrogens is 1. The van der Waals surface area contributed by atoms with E-state index < -0.39 is 6.23 Å². The van der Waals surface area contributed by atoms with Gasteiger partial charge in [0, 0.05) is 24.6 Å². The minimum Gasteiger partial charge on any atom is -0.481 e. The zero-order valence-electron chi connectivity index (χ0n) is 13.9. The Morgan fingerprint density at radius 1 is 1.25 bits per heavy atom. The largest absolute Gasteiger partial charge is 0.481 e. The number of carbonyl (C=O) groups is 1. The van der Waals surface area contributed by atoms with Crippen molar-refractivity contribution in [3.8, 4) is 5.88 Å². The Bertz CT molecular complexity index is 736. The van der Waals surface area contributed by atoms with Crippen LogP contribution in [-0.4, -0.2) is 29.3 Å². The number of nitrogens with one attached hydrogen (secondary N) is 1. The number of ether oxygens (including phenoxy) is 1. The van der Waals surface area contributed by atoms with Gasteiger partial charge in [-0.2, -0.15) is 0 Å². The number of benzene rings is 1. The predicted molar refractivity (Wildman–Crippen MR) is 91.9 cm³/mol. The van der Waals surface area contributed by atoms with Gasteiger partial charge in [0.2, 0.25) is 11.8 Å². The van der Waals surface area contributed by atoms with Gasteiger partial charge in [0.25, 0.3) is 0 Å². The van der Waals surface area contributed by atoms with Crippen molar-refractivity contribution in [1.82, 2.24) is 4.98 Å². The number of para-hydroxylation sites is 1. The van der Waals surface area contributed by atoms with Crippen LogP contribution >= 0.6 is 0 Å². The Balaban J connectivity index is 2.08. The van der Waals surface area contributed by atoms with Crippen LogP contribution in [0, 0.1) is 5.92 Å². The Morgan fingerprint density at radius 2 is 1.96 bits per heavy atom. The summed E-state index contributed by atoms with van der Waals surface area (Å²) in [5.74, 6) is 0.00245. The molecule has 2 N–H and O–H groups in total. The quantitative estimate of drug-likeness (QED) is 0.906. The average Bonchev–Trinajstić information content (AvgIpc) is 2.59. The van der Waals surface area contributed by atoms with Crippen molar-refractivity contribution < 1.29 is 14.6 Å². The lowest BCUT2D eigenvalue weighted by Gasteiger charge is -2.42. The summed E-state index contributed by atoms with van der Waals surface area (Å²) < 4.78 is 5.23. The second-order valence-corrected chi connectivity index (χ2v) is 5.91. The second-order valence-electron chi connectivity index (χ2n) is 5.91. The van der Waals surface area contributed by atoms with E-state index in [0.29, 0.717) is 17.3 Å². The van der Waals surface area contributed by atoms with Crippen molar-refractivity contribution in [3.63, 3.8) is 0 Å². The number of nitrogens with zero attached hydrogens (tertiary/aromatic N) is 2. The molecule has 1 aromatic heterocycles. The second kappa shape index (κ2) is 6.49. The molecule has 0 radical (unpaired) electrons. The molecule has 0 aliphatic carbocycles. The number of fused-ring (bicyclic) bond motifs is 1. The van der Waals surface area contributed by atoms with Crippen molar-refractivity contribution in [2.24, 2.45) is 5.92 Å². The molecule has 6 heteroatoms. The molecule has 6 nitrogen and oxygen atoms in total. The highest BCUT2D eigenvalue weighted by molar-refractivity contribution is 5.93. The number of carbonyl (C=O) groups excluding carboxylic acids is 1. The van der Waals surface area contributed by atoms with Crippen molar-refractivity contribution in [1.29, 1.82) is 0 Å². The van der Waals surface area contributed by atoms with Gasteiger partial charge in [0.15, 0.2) is 0 Å². The third-order valence-electron chi connectivity index (χ3n) is 4.34. The van der Waals surface area contributed by atoms with E-state index in [1.807, 2.05) is 37.3 Å². The van der Waals surface area contributed by atoms with Crippen molar-refractivity contribution >= 4 is 17.3 Å². The van der Waals surface area contributed by atoms with Gasteiger partial charge in [0.1, 0.15) is 6.23 Å². The van der Waals surface area contributed by atoms with Crippen LogP contribution in [0.25, 0.3) is 0 Å². The minimum absolute atomic E-state index is 0.222. The molecular formula is C18H21N3O3. The van der Waals surface area contributed by atoms with Crippen LogP contribution < -0.4 is 15.0 Å². The predicted octanol–water partition coefficient (Wildman–Crippen LogP) is 2.56. The Kier molecular flexibility index (Phi) is 4.40. The summed E-state index contributed by atoms with van der Waals surface area (Å²) in [6.45, 7) is 3.33. The standard InChI is InChI=1S/C18H21N3O3/c1-11-16(19-13-7-5-4-6-8-13)17-14(9-10-15(20-17)24-3)21(12(2)22)18(11)23/h4-11,16,18-19,23H,1-3H3/t11-,16-,18+/m1/s1. The number of hydrogen-bond donors (Lipinski definition) is 2. The first-order valence-electron chi connectivity index (χ1n) is 7.87. The maximum atomic E-state index is 12.0. The van der Waals surface area contributed by atoms with E-state index in [2.05, 4.69) is 10.3 Å². The number of anilines is 2. The number of amides is 1. The minimum atomic E-state index is -0.925. The number of rotatable bonds is 3. The number of pyridine rings is 1. The summed E-state index contributed by atoms with van der Waals surface area (Å²) >= 11 is 0. The maximum Gasteiger partial charge on any atom is 0.226 e. The molecular weight excluding hydrogens is 306 g/mol. The Hall–Kier alpha value is -2.60. The summed E-state index contributed by atoms with van der Waals surface area (Å²) in [4.78, 5) is 17.9. The van der Waals surface area contributed by atoms with E-state index in [1.54, 1.807) is 19.2 Å². The highest BCUT2D eigenvalue weighted by Gasteiger charge is 2.40. The van der Waals surface area contributed by atoms with Gasteiger partial charge in [-0.3, -0.25) is 9.69 Å². The zero-order chi connectivity index (χ0) is 17.3. The average molecular weight is 327 g/mol. The van der Waals surface area contributed by atoms with E-state index in [0.717, 1.165) is 5.69 Å². The van der Waals surface area contributed by atoms with Crippen molar-refractivity contribution in [2.45, 2.75) is 26.1 Å². The van der Waals surface area contributed by atoms with Crippen molar-refractivity contribution in [2.75, 3.05) is 17.3 Å². The molecule has 24 heavy (non-hydrogen) atoms. The van der Waals surface area contributed by atoms with Crippen molar-refractivity contribution in [3.05, 3.63) is 48.2 Å². The van der Waals surface area contributed by atoms with Gasteiger partial charge >= 0.3 is 0 Å². The lowest BCUT2D eigenvalue weighted by atomic mass is 9.89. The summed E-state index contributed by atoms with van der Waals surface area (Å²) in [7, 11) is 1.55. The fraction of sp³-hybridized carbons (Fsp3) is 0.333. The molecule has 0 spiro atoms. The van der Waals surface area contributed by atoms with Gasteiger partial charge in [-0.25, -0.2) is 4.98 Å². The molecule has 3 rings (SSSR count). The molecule has 0 bridgehead atoms. The highest BCUT2D eigenvalue weighted by atomic mass is 16.5. The van der Waals surface area contributed by atoms with Gasteiger partial charge in [0.05, 0.1) is 24.5 Å². The van der Waals surface area contributed by atoms with Gasteiger partial charge in [-0.05, 0) is 18.2 Å². The number of aliphatic hydroxyl groups is 1. The fourth-order valence-electron chi connectivity index (χ4n) is 3.06. The normalized spacial score (nSPS) is 22.7. The maximum absolute atomic E-state index is 12.0. The van der Waals surface area contributed by atoms with Crippen LogP contribution in [0.3, 0.4) is 0 Å². The first kappa shape index (κ1) is 16.3. The number of methoxy groups -OCH3 is 1. The van der Waals surface area contributed by atoms with Crippen LogP contribution in [0.15, 0.2) is 42.5 Å². The van der Waals surface area contributed by atoms with E-state index >= 15 is 0 Å². The first-order valence-corrected chi connectivity index (χ1v) is 7.87. The molecule has 3 atom stereocenters. The van der Waals surface area contributed by atoms with E-state index in [4.69, 9.17) is 4.74 Å². The third-order valence-corrected chi connectivity index (χ3v) is 4.34. The molecule has 1 aliphatic rings. The third kappa shape index (κ3) is 2.80. The summed E-state index contributed by atoms with van der Waals surface area (Å²) in [5.41, 5.74) is 2.21. The summed E-state index contributed by atoms with van der Waals surface area (Å²) in [5, 5.41) is 14.0. The monoisotopic (exact) mass is 327 g/mol. The molecule has 0 saturated carbocycles. The Labute approximate surface area is 141 Å². The molecule has 2 aromatic rings. The van der Waals surface area contributed by atoms with Crippen LogP contribution in [-0.2, 0) is 4.79 Å². The molecule has 0 saturated heterocycles. The Morgan fingerprint density at radius 3 is 2.58 bits per heavy atom. The lowest BCUT2D eigenvalue weighted by Crippen LogP contribution is -2.50. The molecule has 126 valence electrons. The topological polar surface area (TPSA) is 74.7 Å². The molecule has 2 heterocycles. The molecule has 1 amide bonds. The number of aliphatic hydroxyl groups excluding tert-OH is 1. The molecule has 1 aliphatic heterocycles. The van der Waals surface area contributed by atoms with E-state index in [1.165, 1.54) is 11.8 Å². The highest BCUT2D eigenvalue weighted by Crippen LogP contribution is 2.41. The van der Waals surface area contributed by atoms with Gasteiger partial charge < -0.3 is 15.2 Å². The van der Waals surface area contributed by atoms with E-state index in [-0.39, 0.29) is 17.9 Å². The zero-order valence-corrected chi connectivity index (χ0v) is 13.9. The van der Waals surface area contributed by atoms with Gasteiger partial charge in [-0.1, -0.05) is 25.1 Å². The number of hydrogen-bond acceptors (Lipinski definition) is 5. The SMILES string of the molecule is COc1ccc2c(n1)[C@H](Nc1ccccc1)[C@@H](C)[C@H](O)N2C(C)=O. The smallest absolute Gasteiger partial charge is 0.226 e. The van der Waals surface area contributed by atoms with Gasteiger partial charge in [-0.15, -0.1) is 0 Å². The molecule has 0 fully saturated rings. The van der Waals surface area contributed by atoms with Crippen LogP contribution in [0.1, 0.15) is 25.6 Å². The summed E-state index contributed by atoms with van der Waals surface area (Å²) in [6.07, 6.45) is -0.925. The van der Waals surface area contributed by atoms with Crippen LogP contribution in [0.2, 0.25) is 0 Å². The first-order chi connectivity index (χ1) is 11.5. The molecule has 1 aromatic carbocycles. The fourth-order valence-corrected chi connectivity index (χ4v) is 3.06. The van der Waals surface area contributed by atoms with Crippen LogP contribution in [0.4, 0.5) is 11.4 Å². The molecule has 0 unspecified atom stereocenters. The lowest BCUT2D eigenvalue weighted by molar-refractivity contribution is -0.119. The van der Waals surface area contributed by atoms with Crippen LogP contribution in [0.5, 0.6) is 5.88 Å². The van der Waals surface area contributed by atoms with E-state index in [9.17, 15) is 9.90 Å². The summed E-state index contributed by atoms with van der Waals surface area (Å²) in [6, 6.07) is 12.9.